The van der Waals surface area contributed by atoms with Gasteiger partial charge in [0, 0.05) is 24.7 Å². The minimum Gasteiger partial charge on any atom is -0.348 e. The Bertz CT molecular complexity index is 998. The monoisotopic (exact) mass is 392 g/mol. The van der Waals surface area contributed by atoms with Crippen molar-refractivity contribution >= 4 is 34.1 Å². The van der Waals surface area contributed by atoms with Crippen LogP contribution in [0.3, 0.4) is 0 Å². The molecule has 1 unspecified atom stereocenters. The SMILES string of the molecule is Cc1ccc(NC(=S)N2CCCC(c3nc4cc(C)c(C)cc4[nH]3)C2)cc1C. The zero-order chi connectivity index (χ0) is 19.8. The number of hydrogen-bond donors (Lipinski definition) is 2. The second kappa shape index (κ2) is 7.55. The average molecular weight is 393 g/mol. The van der Waals surface area contributed by atoms with Gasteiger partial charge in [-0.2, -0.15) is 0 Å². The van der Waals surface area contributed by atoms with Crippen molar-refractivity contribution in [1.29, 1.82) is 0 Å². The summed E-state index contributed by atoms with van der Waals surface area (Å²) in [7, 11) is 0. The van der Waals surface area contributed by atoms with Gasteiger partial charge in [0.05, 0.1) is 11.0 Å². The van der Waals surface area contributed by atoms with Crippen molar-refractivity contribution in [3.05, 3.63) is 58.4 Å². The normalized spacial score (nSPS) is 17.1. The molecule has 4 rings (SSSR count). The number of thiocarbonyl (C=S) groups is 1. The molecule has 2 N–H and O–H groups in total. The summed E-state index contributed by atoms with van der Waals surface area (Å²) in [5.41, 5.74) is 8.41. The van der Waals surface area contributed by atoms with E-state index >= 15 is 0 Å². The van der Waals surface area contributed by atoms with E-state index in [1.54, 1.807) is 0 Å². The number of fused-ring (bicyclic) bond motifs is 1. The molecular weight excluding hydrogens is 364 g/mol. The molecule has 0 aliphatic carbocycles. The van der Waals surface area contributed by atoms with E-state index in [1.807, 2.05) is 0 Å². The predicted octanol–water partition coefficient (Wildman–Crippen LogP) is 5.37. The number of aryl methyl sites for hydroxylation is 4. The van der Waals surface area contributed by atoms with Gasteiger partial charge in [0.25, 0.3) is 0 Å². The molecule has 1 aliphatic rings. The summed E-state index contributed by atoms with van der Waals surface area (Å²) in [6, 6.07) is 10.8. The van der Waals surface area contributed by atoms with E-state index in [0.717, 1.165) is 53.6 Å². The number of aromatic amines is 1. The summed E-state index contributed by atoms with van der Waals surface area (Å²) in [6.45, 7) is 10.4. The lowest BCUT2D eigenvalue weighted by molar-refractivity contribution is 0.307. The number of H-pyrrole nitrogens is 1. The zero-order valence-corrected chi connectivity index (χ0v) is 17.9. The Morgan fingerprint density at radius 1 is 1.07 bits per heavy atom. The summed E-state index contributed by atoms with van der Waals surface area (Å²) in [5.74, 6) is 1.46. The maximum absolute atomic E-state index is 5.72. The Kier molecular flexibility index (Phi) is 5.11. The van der Waals surface area contributed by atoms with Crippen molar-refractivity contribution in [2.24, 2.45) is 0 Å². The van der Waals surface area contributed by atoms with Gasteiger partial charge < -0.3 is 15.2 Å². The molecule has 3 aromatic rings. The summed E-state index contributed by atoms with van der Waals surface area (Å²) < 4.78 is 0. The van der Waals surface area contributed by atoms with Gasteiger partial charge in [-0.25, -0.2) is 4.98 Å². The molecule has 2 heterocycles. The summed E-state index contributed by atoms with van der Waals surface area (Å²) in [6.07, 6.45) is 2.26. The van der Waals surface area contributed by atoms with E-state index in [4.69, 9.17) is 17.2 Å². The van der Waals surface area contributed by atoms with E-state index in [1.165, 1.54) is 22.3 Å². The van der Waals surface area contributed by atoms with E-state index in [2.05, 4.69) is 73.2 Å². The van der Waals surface area contributed by atoms with Crippen LogP contribution in [0.2, 0.25) is 0 Å². The lowest BCUT2D eigenvalue weighted by Crippen LogP contribution is -2.41. The Balaban J connectivity index is 1.49. The van der Waals surface area contributed by atoms with Crippen molar-refractivity contribution in [2.75, 3.05) is 18.4 Å². The maximum Gasteiger partial charge on any atom is 0.173 e. The third kappa shape index (κ3) is 3.76. The largest absolute Gasteiger partial charge is 0.348 e. The van der Waals surface area contributed by atoms with Crippen LogP contribution in [0, 0.1) is 27.7 Å². The molecule has 5 heteroatoms. The predicted molar refractivity (Wildman–Crippen MR) is 121 cm³/mol. The summed E-state index contributed by atoms with van der Waals surface area (Å²) >= 11 is 5.72. The van der Waals surface area contributed by atoms with Gasteiger partial charge in [0.15, 0.2) is 5.11 Å². The van der Waals surface area contributed by atoms with Gasteiger partial charge in [-0.3, -0.25) is 0 Å². The lowest BCUT2D eigenvalue weighted by Gasteiger charge is -2.33. The second-order valence-corrected chi connectivity index (χ2v) is 8.48. The van der Waals surface area contributed by atoms with Crippen molar-refractivity contribution in [1.82, 2.24) is 14.9 Å². The fraction of sp³-hybridized carbons (Fsp3) is 0.391. The van der Waals surface area contributed by atoms with Gasteiger partial charge in [-0.05, 0) is 99.3 Å². The molecule has 0 bridgehead atoms. The Morgan fingerprint density at radius 3 is 2.61 bits per heavy atom. The van der Waals surface area contributed by atoms with E-state index in [9.17, 15) is 0 Å². The third-order valence-corrected chi connectivity index (χ3v) is 6.33. The van der Waals surface area contributed by atoms with Crippen LogP contribution >= 0.6 is 12.2 Å². The standard InChI is InChI=1S/C23H28N4S/c1-14-7-8-19(10-15(14)2)24-23(28)27-9-5-6-18(13-27)22-25-20-11-16(3)17(4)12-21(20)26-22/h7-8,10-12,18H,5-6,9,13H2,1-4H3,(H,24,28)(H,25,26). The quantitative estimate of drug-likeness (QED) is 0.575. The highest BCUT2D eigenvalue weighted by Gasteiger charge is 2.25. The number of benzene rings is 2. The minimum absolute atomic E-state index is 0.376. The van der Waals surface area contributed by atoms with Crippen LogP contribution in [0.5, 0.6) is 0 Å². The number of anilines is 1. The van der Waals surface area contributed by atoms with Crippen LogP contribution in [-0.2, 0) is 0 Å². The van der Waals surface area contributed by atoms with Gasteiger partial charge in [0.1, 0.15) is 5.82 Å². The second-order valence-electron chi connectivity index (χ2n) is 8.09. The topological polar surface area (TPSA) is 44.0 Å². The molecule has 1 atom stereocenters. The first-order chi connectivity index (χ1) is 13.4. The molecule has 0 saturated carbocycles. The van der Waals surface area contributed by atoms with Crippen molar-refractivity contribution in [3.8, 4) is 0 Å². The Morgan fingerprint density at radius 2 is 1.82 bits per heavy atom. The van der Waals surface area contributed by atoms with E-state index < -0.39 is 0 Å². The van der Waals surface area contributed by atoms with Crippen molar-refractivity contribution in [3.63, 3.8) is 0 Å². The molecule has 1 aliphatic heterocycles. The van der Waals surface area contributed by atoms with Gasteiger partial charge >= 0.3 is 0 Å². The number of imidazole rings is 1. The zero-order valence-electron chi connectivity index (χ0n) is 17.1. The number of piperidine rings is 1. The van der Waals surface area contributed by atoms with Crippen LogP contribution in [0.1, 0.15) is 46.8 Å². The van der Waals surface area contributed by atoms with Crippen LogP contribution < -0.4 is 5.32 Å². The van der Waals surface area contributed by atoms with Crippen molar-refractivity contribution in [2.45, 2.75) is 46.5 Å². The van der Waals surface area contributed by atoms with Crippen LogP contribution in [0.25, 0.3) is 11.0 Å². The molecule has 1 aromatic heterocycles. The molecule has 28 heavy (non-hydrogen) atoms. The molecule has 146 valence electrons. The molecule has 1 fully saturated rings. The molecule has 0 spiro atoms. The maximum atomic E-state index is 5.72. The number of likely N-dealkylation sites (tertiary alicyclic amines) is 1. The molecule has 2 aromatic carbocycles. The number of rotatable bonds is 2. The Hall–Kier alpha value is -2.40. The van der Waals surface area contributed by atoms with Gasteiger partial charge in [0.2, 0.25) is 0 Å². The summed E-state index contributed by atoms with van der Waals surface area (Å²) in [5, 5.41) is 4.22. The molecule has 0 amide bonds. The molecule has 0 radical (unpaired) electrons. The fourth-order valence-corrected chi connectivity index (χ4v) is 4.17. The van der Waals surface area contributed by atoms with E-state index in [-0.39, 0.29) is 0 Å². The van der Waals surface area contributed by atoms with E-state index in [0.29, 0.717) is 5.92 Å². The molecule has 4 nitrogen and oxygen atoms in total. The third-order valence-electron chi connectivity index (χ3n) is 5.97. The van der Waals surface area contributed by atoms with Crippen LogP contribution in [0.4, 0.5) is 5.69 Å². The average Bonchev–Trinajstić information content (AvgIpc) is 3.08. The lowest BCUT2D eigenvalue weighted by atomic mass is 9.98. The Labute approximate surface area is 172 Å². The number of nitrogens with zero attached hydrogens (tertiary/aromatic N) is 2. The fourth-order valence-electron chi connectivity index (χ4n) is 3.89. The van der Waals surface area contributed by atoms with Gasteiger partial charge in [-0.1, -0.05) is 6.07 Å². The summed E-state index contributed by atoms with van der Waals surface area (Å²) in [4.78, 5) is 10.7. The first-order valence-corrected chi connectivity index (χ1v) is 10.4. The number of aromatic nitrogens is 2. The highest BCUT2D eigenvalue weighted by atomic mass is 32.1. The van der Waals surface area contributed by atoms with Gasteiger partial charge in [-0.15, -0.1) is 0 Å². The first kappa shape index (κ1) is 18.9. The molecule has 1 saturated heterocycles. The molecular formula is C23H28N4S. The minimum atomic E-state index is 0.376. The number of hydrogen-bond acceptors (Lipinski definition) is 2. The number of nitrogens with one attached hydrogen (secondary N) is 2. The highest BCUT2D eigenvalue weighted by molar-refractivity contribution is 7.80. The van der Waals surface area contributed by atoms with Crippen molar-refractivity contribution < 1.29 is 0 Å². The smallest absolute Gasteiger partial charge is 0.173 e. The first-order valence-electron chi connectivity index (χ1n) is 10.0. The van der Waals surface area contributed by atoms with Crippen LogP contribution in [-0.4, -0.2) is 33.1 Å². The van der Waals surface area contributed by atoms with Crippen LogP contribution in [0.15, 0.2) is 30.3 Å². The highest BCUT2D eigenvalue weighted by Crippen LogP contribution is 2.28.